The van der Waals surface area contributed by atoms with Crippen molar-refractivity contribution in [3.05, 3.63) is 93.0 Å². The molecule has 0 spiro atoms. The van der Waals surface area contributed by atoms with Crippen molar-refractivity contribution in [1.29, 1.82) is 0 Å². The van der Waals surface area contributed by atoms with Crippen molar-refractivity contribution in [3.63, 3.8) is 0 Å². The lowest BCUT2D eigenvalue weighted by Gasteiger charge is -2.29. The molecule has 4 rings (SSSR count). The molecular weight excluding hydrogens is 646 g/mol. The van der Waals surface area contributed by atoms with Gasteiger partial charge in [0.1, 0.15) is 23.2 Å². The van der Waals surface area contributed by atoms with E-state index < -0.39 is 53.1 Å². The standard InChI is InChI=1S/C35H38F2N2O10/c1-19-15-28(48-18-46-5)20(2)21(3)29(19)33(41)38-25-16-39(35(43)44)14-6-7-26(25)49-34(42)23-10-8-22(9-11-23)32(40)30-27(47-17-45-4)13-12-24(36)31(30)37/h8-13,15,25-26H,6-7,14,16-18H2,1-5H3,(H,38,41)(H,43,44)/t25-,26-/m1/s1. The first-order valence-corrected chi connectivity index (χ1v) is 15.3. The summed E-state index contributed by atoms with van der Waals surface area (Å²) in [4.78, 5) is 53.3. The fourth-order valence-electron chi connectivity index (χ4n) is 5.59. The number of amides is 2. The maximum atomic E-state index is 14.7. The number of methoxy groups -OCH3 is 2. The number of benzene rings is 3. The van der Waals surface area contributed by atoms with Gasteiger partial charge in [0.2, 0.25) is 0 Å². The molecule has 3 aromatic carbocycles. The molecule has 0 unspecified atom stereocenters. The lowest BCUT2D eigenvalue weighted by Crippen LogP contribution is -2.51. The van der Waals surface area contributed by atoms with Crippen molar-refractivity contribution in [1.82, 2.24) is 10.2 Å². The summed E-state index contributed by atoms with van der Waals surface area (Å²) in [6.45, 7) is 5.09. The number of carboxylic acid groups (broad SMARTS) is 1. The van der Waals surface area contributed by atoms with Crippen LogP contribution in [0.2, 0.25) is 0 Å². The molecule has 3 aromatic rings. The SMILES string of the molecule is COCOc1cc(C)c(C(=O)N[C@@H]2CN(C(=O)O)CCC[C@H]2OC(=O)c2ccc(C(=O)c3c(OCOC)ccc(F)c3F)cc2)c(C)c1C. The number of hydrogen-bond acceptors (Lipinski definition) is 9. The first-order valence-electron chi connectivity index (χ1n) is 15.3. The summed E-state index contributed by atoms with van der Waals surface area (Å²) < 4.78 is 55.2. The molecule has 2 amide bonds. The van der Waals surface area contributed by atoms with E-state index in [-0.39, 0.29) is 50.0 Å². The summed E-state index contributed by atoms with van der Waals surface area (Å²) in [6, 6.07) is 7.85. The van der Waals surface area contributed by atoms with Gasteiger partial charge in [-0.15, -0.1) is 0 Å². The maximum absolute atomic E-state index is 14.7. The van der Waals surface area contributed by atoms with Crippen LogP contribution in [0.15, 0.2) is 42.5 Å². The zero-order valence-electron chi connectivity index (χ0n) is 27.8. The molecule has 1 aliphatic heterocycles. The highest BCUT2D eigenvalue weighted by molar-refractivity contribution is 6.11. The van der Waals surface area contributed by atoms with E-state index >= 15 is 0 Å². The second kappa shape index (κ2) is 16.3. The molecule has 49 heavy (non-hydrogen) atoms. The molecule has 1 aliphatic rings. The molecule has 0 saturated carbocycles. The highest BCUT2D eigenvalue weighted by Gasteiger charge is 2.34. The second-order valence-electron chi connectivity index (χ2n) is 11.5. The van der Waals surface area contributed by atoms with E-state index in [4.69, 9.17) is 23.7 Å². The van der Waals surface area contributed by atoms with Gasteiger partial charge in [-0.3, -0.25) is 9.59 Å². The van der Waals surface area contributed by atoms with Gasteiger partial charge in [-0.2, -0.15) is 0 Å². The third kappa shape index (κ3) is 8.51. The van der Waals surface area contributed by atoms with Crippen molar-refractivity contribution in [2.75, 3.05) is 40.9 Å². The topological polar surface area (TPSA) is 150 Å². The van der Waals surface area contributed by atoms with Gasteiger partial charge < -0.3 is 39.0 Å². The maximum Gasteiger partial charge on any atom is 0.407 e. The van der Waals surface area contributed by atoms with E-state index in [1.807, 2.05) is 0 Å². The van der Waals surface area contributed by atoms with Crippen LogP contribution < -0.4 is 14.8 Å². The van der Waals surface area contributed by atoms with E-state index in [2.05, 4.69) is 5.32 Å². The Hall–Kier alpha value is -5.08. The molecule has 0 bridgehead atoms. The first-order chi connectivity index (χ1) is 23.4. The van der Waals surface area contributed by atoms with E-state index in [0.29, 0.717) is 28.9 Å². The molecule has 2 atom stereocenters. The Morgan fingerprint density at radius 2 is 1.51 bits per heavy atom. The van der Waals surface area contributed by atoms with Crippen LogP contribution in [0.4, 0.5) is 13.6 Å². The molecular formula is C35H38F2N2O10. The van der Waals surface area contributed by atoms with Crippen LogP contribution in [0.1, 0.15) is 66.2 Å². The molecule has 262 valence electrons. The summed E-state index contributed by atoms with van der Waals surface area (Å²) in [7, 11) is 2.82. The number of likely N-dealkylation sites (tertiary alicyclic amines) is 1. The average Bonchev–Trinajstić information content (AvgIpc) is 3.28. The highest BCUT2D eigenvalue weighted by Crippen LogP contribution is 2.29. The predicted octanol–water partition coefficient (Wildman–Crippen LogP) is 5.18. The zero-order chi connectivity index (χ0) is 35.8. The Morgan fingerprint density at radius 3 is 2.14 bits per heavy atom. The second-order valence-corrected chi connectivity index (χ2v) is 11.5. The van der Waals surface area contributed by atoms with Crippen molar-refractivity contribution in [2.45, 2.75) is 45.8 Å². The third-order valence-corrected chi connectivity index (χ3v) is 8.24. The van der Waals surface area contributed by atoms with Gasteiger partial charge in [0.25, 0.3) is 5.91 Å². The van der Waals surface area contributed by atoms with Gasteiger partial charge in [-0.25, -0.2) is 18.4 Å². The van der Waals surface area contributed by atoms with E-state index in [9.17, 15) is 33.1 Å². The number of aryl methyl sites for hydroxylation is 1. The largest absolute Gasteiger partial charge is 0.467 e. The molecule has 12 nitrogen and oxygen atoms in total. The summed E-state index contributed by atoms with van der Waals surface area (Å²) in [5, 5.41) is 12.6. The van der Waals surface area contributed by atoms with E-state index in [1.54, 1.807) is 26.8 Å². The number of esters is 1. The molecule has 0 radical (unpaired) electrons. The summed E-state index contributed by atoms with van der Waals surface area (Å²) in [6.07, 6.45) is -1.48. The molecule has 2 N–H and O–H groups in total. The number of carbonyl (C=O) groups is 4. The molecule has 0 aliphatic carbocycles. The number of ketones is 1. The molecule has 1 saturated heterocycles. The molecule has 1 heterocycles. The Balaban J connectivity index is 1.55. The number of ether oxygens (including phenoxy) is 5. The van der Waals surface area contributed by atoms with Crippen molar-refractivity contribution >= 4 is 23.8 Å². The van der Waals surface area contributed by atoms with Crippen LogP contribution >= 0.6 is 0 Å². The monoisotopic (exact) mass is 684 g/mol. The Bertz CT molecular complexity index is 1710. The highest BCUT2D eigenvalue weighted by atomic mass is 19.2. The average molecular weight is 685 g/mol. The fraction of sp³-hybridized carbons (Fsp3) is 0.371. The fourth-order valence-corrected chi connectivity index (χ4v) is 5.59. The minimum atomic E-state index is -1.39. The smallest absolute Gasteiger partial charge is 0.407 e. The van der Waals surface area contributed by atoms with Crippen LogP contribution in [0.25, 0.3) is 0 Å². The van der Waals surface area contributed by atoms with Gasteiger partial charge in [-0.1, -0.05) is 12.1 Å². The minimum Gasteiger partial charge on any atom is -0.467 e. The Kier molecular flexibility index (Phi) is 12.3. The van der Waals surface area contributed by atoms with Crippen LogP contribution in [-0.4, -0.2) is 86.8 Å². The van der Waals surface area contributed by atoms with E-state index in [1.165, 1.54) is 38.5 Å². The number of halogens is 2. The number of nitrogens with zero attached hydrogens (tertiary/aromatic N) is 1. The van der Waals surface area contributed by atoms with Crippen LogP contribution in [-0.2, 0) is 14.2 Å². The Labute approximate surface area is 281 Å². The van der Waals surface area contributed by atoms with Gasteiger partial charge in [-0.05, 0) is 80.6 Å². The number of rotatable bonds is 12. The molecule has 0 aromatic heterocycles. The summed E-state index contributed by atoms with van der Waals surface area (Å²) in [5.41, 5.74) is 1.73. The lowest BCUT2D eigenvalue weighted by molar-refractivity contribution is 0.0178. The van der Waals surface area contributed by atoms with Gasteiger partial charge in [0.05, 0.1) is 11.6 Å². The summed E-state index contributed by atoms with van der Waals surface area (Å²) in [5.74, 6) is -4.46. The van der Waals surface area contributed by atoms with E-state index in [0.717, 1.165) is 22.6 Å². The quantitative estimate of drug-likeness (QED) is 0.148. The number of nitrogens with one attached hydrogen (secondary N) is 1. The van der Waals surface area contributed by atoms with Crippen molar-refractivity contribution in [3.8, 4) is 11.5 Å². The van der Waals surface area contributed by atoms with Gasteiger partial charge in [0, 0.05) is 38.4 Å². The van der Waals surface area contributed by atoms with Crippen LogP contribution in [0, 0.1) is 32.4 Å². The van der Waals surface area contributed by atoms with Crippen molar-refractivity contribution < 1.29 is 56.7 Å². The number of carbonyl (C=O) groups excluding carboxylic acids is 3. The Morgan fingerprint density at radius 1 is 0.878 bits per heavy atom. The first kappa shape index (κ1) is 36.8. The van der Waals surface area contributed by atoms with Gasteiger partial charge >= 0.3 is 12.1 Å². The number of hydrogen-bond donors (Lipinski definition) is 2. The predicted molar refractivity (Wildman–Crippen MR) is 171 cm³/mol. The normalized spacial score (nSPS) is 16.0. The summed E-state index contributed by atoms with van der Waals surface area (Å²) >= 11 is 0. The molecule has 1 fully saturated rings. The van der Waals surface area contributed by atoms with Gasteiger partial charge in [0.15, 0.2) is 31.0 Å². The van der Waals surface area contributed by atoms with Crippen molar-refractivity contribution in [2.24, 2.45) is 0 Å². The lowest BCUT2D eigenvalue weighted by atomic mass is 9.96. The molecule has 14 heteroatoms. The van der Waals surface area contributed by atoms with Crippen LogP contribution in [0.5, 0.6) is 11.5 Å². The minimum absolute atomic E-state index is 0.0285. The zero-order valence-corrected chi connectivity index (χ0v) is 27.8. The van der Waals surface area contributed by atoms with Crippen LogP contribution in [0.3, 0.4) is 0 Å². The third-order valence-electron chi connectivity index (χ3n) is 8.24.